The quantitative estimate of drug-likeness (QED) is 0.780. The fraction of sp³-hybridized carbons (Fsp3) is 0.500. The summed E-state index contributed by atoms with van der Waals surface area (Å²) in [6.45, 7) is 2.73. The van der Waals surface area contributed by atoms with E-state index in [1.165, 1.54) is 30.6 Å². The molecule has 1 aromatic carbocycles. The first kappa shape index (κ1) is 12.4. The molecule has 3 heteroatoms. The minimum atomic E-state index is -0.120. The number of hydrogen-bond acceptors (Lipinski definition) is 2. The Hall–Kier alpha value is -1.64. The van der Waals surface area contributed by atoms with Gasteiger partial charge in [0.15, 0.2) is 0 Å². The Bertz CT molecular complexity index is 482. The number of fused-ring (bicyclic) bond motifs is 1. The second-order valence-electron chi connectivity index (χ2n) is 5.79. The van der Waals surface area contributed by atoms with E-state index in [0.717, 1.165) is 0 Å². The summed E-state index contributed by atoms with van der Waals surface area (Å²) in [6, 6.07) is 7.12. The zero-order valence-corrected chi connectivity index (χ0v) is 11.3. The highest BCUT2D eigenvalue weighted by Crippen LogP contribution is 2.33. The SMILES string of the molecule is C[C@H](CN1C(=O)c2ccccc2C1=O)C1CCCC1. The van der Waals surface area contributed by atoms with Crippen LogP contribution in [0.15, 0.2) is 24.3 Å². The summed E-state index contributed by atoms with van der Waals surface area (Å²) in [7, 11) is 0. The van der Waals surface area contributed by atoms with Gasteiger partial charge in [-0.2, -0.15) is 0 Å². The molecule has 3 rings (SSSR count). The van der Waals surface area contributed by atoms with Gasteiger partial charge in [-0.1, -0.05) is 44.7 Å². The molecule has 2 aliphatic rings. The molecule has 1 fully saturated rings. The Morgan fingerprint density at radius 1 is 1.11 bits per heavy atom. The minimum Gasteiger partial charge on any atom is -0.274 e. The lowest BCUT2D eigenvalue weighted by Gasteiger charge is -2.23. The first-order chi connectivity index (χ1) is 9.18. The van der Waals surface area contributed by atoms with Crippen LogP contribution in [0.25, 0.3) is 0 Å². The normalized spacial score (nSPS) is 21.0. The summed E-state index contributed by atoms with van der Waals surface area (Å²) < 4.78 is 0. The monoisotopic (exact) mass is 257 g/mol. The standard InChI is InChI=1S/C16H19NO2/c1-11(12-6-2-3-7-12)10-17-15(18)13-8-4-5-9-14(13)16(17)19/h4-5,8-9,11-12H,2-3,6-7,10H2,1H3/t11-/m1/s1. The van der Waals surface area contributed by atoms with Crippen LogP contribution in [0.3, 0.4) is 0 Å². The van der Waals surface area contributed by atoms with Crippen molar-refractivity contribution in [2.75, 3.05) is 6.54 Å². The van der Waals surface area contributed by atoms with Crippen LogP contribution >= 0.6 is 0 Å². The summed E-state index contributed by atoms with van der Waals surface area (Å²) in [5.41, 5.74) is 1.12. The maximum Gasteiger partial charge on any atom is 0.261 e. The Morgan fingerprint density at radius 3 is 2.16 bits per heavy atom. The van der Waals surface area contributed by atoms with Gasteiger partial charge in [0.2, 0.25) is 0 Å². The van der Waals surface area contributed by atoms with E-state index in [4.69, 9.17) is 0 Å². The lowest BCUT2D eigenvalue weighted by Crippen LogP contribution is -2.35. The van der Waals surface area contributed by atoms with Crippen molar-refractivity contribution in [1.82, 2.24) is 4.90 Å². The minimum absolute atomic E-state index is 0.120. The molecule has 1 saturated carbocycles. The molecule has 0 radical (unpaired) electrons. The molecule has 0 saturated heterocycles. The molecule has 0 spiro atoms. The van der Waals surface area contributed by atoms with Gasteiger partial charge in [0.1, 0.15) is 0 Å². The maximum absolute atomic E-state index is 12.3. The molecule has 1 aliphatic heterocycles. The molecular formula is C16H19NO2. The lowest BCUT2D eigenvalue weighted by atomic mass is 9.92. The van der Waals surface area contributed by atoms with E-state index in [1.807, 2.05) is 12.1 Å². The molecule has 1 aliphatic carbocycles. The number of amides is 2. The van der Waals surface area contributed by atoms with Crippen LogP contribution in [0.2, 0.25) is 0 Å². The van der Waals surface area contributed by atoms with Crippen LogP contribution in [-0.4, -0.2) is 23.3 Å². The predicted molar refractivity (Wildman–Crippen MR) is 72.9 cm³/mol. The van der Waals surface area contributed by atoms with Crippen LogP contribution < -0.4 is 0 Å². The number of nitrogens with zero attached hydrogens (tertiary/aromatic N) is 1. The number of benzene rings is 1. The highest BCUT2D eigenvalue weighted by molar-refractivity contribution is 6.21. The smallest absolute Gasteiger partial charge is 0.261 e. The molecule has 0 unspecified atom stereocenters. The molecule has 3 nitrogen and oxygen atoms in total. The average Bonchev–Trinajstić information content (AvgIpc) is 3.03. The number of carbonyl (C=O) groups is 2. The molecule has 0 N–H and O–H groups in total. The van der Waals surface area contributed by atoms with Crippen LogP contribution in [0, 0.1) is 11.8 Å². The molecule has 100 valence electrons. The number of hydrogen-bond donors (Lipinski definition) is 0. The van der Waals surface area contributed by atoms with E-state index in [1.54, 1.807) is 12.1 Å². The van der Waals surface area contributed by atoms with Crippen LogP contribution in [-0.2, 0) is 0 Å². The molecule has 1 atom stereocenters. The molecule has 0 bridgehead atoms. The van der Waals surface area contributed by atoms with Gasteiger partial charge in [0.25, 0.3) is 11.8 Å². The summed E-state index contributed by atoms with van der Waals surface area (Å²) in [5, 5.41) is 0. The highest BCUT2D eigenvalue weighted by Gasteiger charge is 2.37. The van der Waals surface area contributed by atoms with Crippen molar-refractivity contribution < 1.29 is 9.59 Å². The summed E-state index contributed by atoms with van der Waals surface area (Å²) in [5.74, 6) is 0.838. The third-order valence-corrected chi connectivity index (χ3v) is 4.55. The highest BCUT2D eigenvalue weighted by atomic mass is 16.2. The first-order valence-electron chi connectivity index (χ1n) is 7.13. The second-order valence-corrected chi connectivity index (χ2v) is 5.79. The van der Waals surface area contributed by atoms with Crippen molar-refractivity contribution in [3.63, 3.8) is 0 Å². The Kier molecular flexibility index (Phi) is 3.13. The van der Waals surface area contributed by atoms with Gasteiger partial charge in [0.05, 0.1) is 11.1 Å². The largest absolute Gasteiger partial charge is 0.274 e. The summed E-state index contributed by atoms with van der Waals surface area (Å²) in [6.07, 6.45) is 5.06. The van der Waals surface area contributed by atoms with Crippen LogP contribution in [0.1, 0.15) is 53.3 Å². The van der Waals surface area contributed by atoms with Gasteiger partial charge in [-0.15, -0.1) is 0 Å². The molecule has 1 aromatic rings. The van der Waals surface area contributed by atoms with Gasteiger partial charge in [0, 0.05) is 6.54 Å². The maximum atomic E-state index is 12.3. The van der Waals surface area contributed by atoms with Crippen molar-refractivity contribution in [3.8, 4) is 0 Å². The third kappa shape index (κ3) is 2.07. The molecule has 1 heterocycles. The van der Waals surface area contributed by atoms with E-state index in [2.05, 4.69) is 6.92 Å². The summed E-state index contributed by atoms with van der Waals surface area (Å²) in [4.78, 5) is 26.0. The predicted octanol–water partition coefficient (Wildman–Crippen LogP) is 3.11. The third-order valence-electron chi connectivity index (χ3n) is 4.55. The number of carbonyl (C=O) groups excluding carboxylic acids is 2. The first-order valence-corrected chi connectivity index (χ1v) is 7.13. The van der Waals surface area contributed by atoms with Crippen molar-refractivity contribution >= 4 is 11.8 Å². The van der Waals surface area contributed by atoms with Gasteiger partial charge in [-0.25, -0.2) is 0 Å². The molecule has 19 heavy (non-hydrogen) atoms. The van der Waals surface area contributed by atoms with Crippen molar-refractivity contribution in [2.24, 2.45) is 11.8 Å². The zero-order valence-electron chi connectivity index (χ0n) is 11.3. The Morgan fingerprint density at radius 2 is 1.63 bits per heavy atom. The lowest BCUT2D eigenvalue weighted by molar-refractivity contribution is 0.0616. The van der Waals surface area contributed by atoms with Gasteiger partial charge in [-0.3, -0.25) is 14.5 Å². The fourth-order valence-corrected chi connectivity index (χ4v) is 3.37. The fourth-order valence-electron chi connectivity index (χ4n) is 3.37. The number of rotatable bonds is 3. The van der Waals surface area contributed by atoms with E-state index < -0.39 is 0 Å². The number of imide groups is 1. The second kappa shape index (κ2) is 4.80. The molecule has 2 amide bonds. The topological polar surface area (TPSA) is 37.4 Å². The van der Waals surface area contributed by atoms with Crippen molar-refractivity contribution in [2.45, 2.75) is 32.6 Å². The Labute approximate surface area is 113 Å². The van der Waals surface area contributed by atoms with Crippen molar-refractivity contribution in [3.05, 3.63) is 35.4 Å². The van der Waals surface area contributed by atoms with Crippen molar-refractivity contribution in [1.29, 1.82) is 0 Å². The Balaban J connectivity index is 1.76. The summed E-state index contributed by atoms with van der Waals surface area (Å²) >= 11 is 0. The zero-order chi connectivity index (χ0) is 13.4. The van der Waals surface area contributed by atoms with E-state index in [0.29, 0.717) is 29.5 Å². The van der Waals surface area contributed by atoms with Crippen LogP contribution in [0.5, 0.6) is 0 Å². The molecule has 0 aromatic heterocycles. The van der Waals surface area contributed by atoms with Gasteiger partial charge >= 0.3 is 0 Å². The van der Waals surface area contributed by atoms with E-state index in [-0.39, 0.29) is 11.8 Å². The van der Waals surface area contributed by atoms with Gasteiger partial charge in [-0.05, 0) is 24.0 Å². The van der Waals surface area contributed by atoms with E-state index >= 15 is 0 Å². The average molecular weight is 257 g/mol. The van der Waals surface area contributed by atoms with Crippen LogP contribution in [0.4, 0.5) is 0 Å². The van der Waals surface area contributed by atoms with E-state index in [9.17, 15) is 9.59 Å². The van der Waals surface area contributed by atoms with Gasteiger partial charge < -0.3 is 0 Å². The molecular weight excluding hydrogens is 238 g/mol.